The Hall–Kier alpha value is -1.52. The van der Waals surface area contributed by atoms with Gasteiger partial charge in [-0.05, 0) is 30.5 Å². The number of rotatable bonds is 3. The summed E-state index contributed by atoms with van der Waals surface area (Å²) in [5, 5.41) is 0.606. The van der Waals surface area contributed by atoms with Gasteiger partial charge in [0.2, 0.25) is 0 Å². The summed E-state index contributed by atoms with van der Waals surface area (Å²) in [5.74, 6) is 0.142. The SMILES string of the molecule is CC(C)C(C)n1c(=O)[nH]c(Cl)c(-c2ccc(Cl)cc2)c1=O. The average Bonchev–Trinajstić information content (AvgIpc) is 2.40. The summed E-state index contributed by atoms with van der Waals surface area (Å²) in [6, 6.07) is 6.52. The maximum absolute atomic E-state index is 12.7. The second-order valence-corrected chi connectivity index (χ2v) is 6.10. The number of aromatic nitrogens is 2. The summed E-state index contributed by atoms with van der Waals surface area (Å²) in [7, 11) is 0. The van der Waals surface area contributed by atoms with Gasteiger partial charge in [-0.15, -0.1) is 0 Å². The van der Waals surface area contributed by atoms with Crippen molar-refractivity contribution in [3.05, 3.63) is 55.3 Å². The van der Waals surface area contributed by atoms with Crippen LogP contribution in [-0.4, -0.2) is 9.55 Å². The molecule has 1 aromatic heterocycles. The first-order valence-corrected chi connectivity index (χ1v) is 7.38. The van der Waals surface area contributed by atoms with Crippen LogP contribution in [0.2, 0.25) is 10.2 Å². The van der Waals surface area contributed by atoms with Gasteiger partial charge in [0, 0.05) is 11.1 Å². The highest BCUT2D eigenvalue weighted by molar-refractivity contribution is 6.32. The predicted octanol–water partition coefficient (Wildman–Crippen LogP) is 3.73. The molecule has 1 heterocycles. The van der Waals surface area contributed by atoms with Crippen LogP contribution < -0.4 is 11.2 Å². The molecule has 0 radical (unpaired) electrons. The Bertz CT molecular complexity index is 761. The Morgan fingerprint density at radius 3 is 2.14 bits per heavy atom. The second kappa shape index (κ2) is 6.08. The highest BCUT2D eigenvalue weighted by atomic mass is 35.5. The van der Waals surface area contributed by atoms with Crippen molar-refractivity contribution in [1.82, 2.24) is 9.55 Å². The lowest BCUT2D eigenvalue weighted by atomic mass is 10.1. The fraction of sp³-hybridized carbons (Fsp3) is 0.333. The van der Waals surface area contributed by atoms with Crippen LogP contribution in [0.4, 0.5) is 0 Å². The number of hydrogen-bond acceptors (Lipinski definition) is 2. The fourth-order valence-corrected chi connectivity index (χ4v) is 2.45. The maximum atomic E-state index is 12.7. The van der Waals surface area contributed by atoms with Gasteiger partial charge in [0.15, 0.2) is 0 Å². The standard InChI is InChI=1S/C15H16Cl2N2O2/c1-8(2)9(3)19-14(20)12(13(17)18-15(19)21)10-4-6-11(16)7-5-10/h4-9H,1-3H3,(H,18,21). The lowest BCUT2D eigenvalue weighted by Crippen LogP contribution is -2.39. The van der Waals surface area contributed by atoms with Crippen molar-refractivity contribution in [2.24, 2.45) is 5.92 Å². The zero-order valence-electron chi connectivity index (χ0n) is 12.0. The molecular formula is C15H16Cl2N2O2. The lowest BCUT2D eigenvalue weighted by Gasteiger charge is -2.19. The number of aromatic amines is 1. The van der Waals surface area contributed by atoms with Crippen LogP contribution in [0.15, 0.2) is 33.9 Å². The van der Waals surface area contributed by atoms with Crippen molar-refractivity contribution in [3.8, 4) is 11.1 Å². The van der Waals surface area contributed by atoms with Crippen molar-refractivity contribution in [1.29, 1.82) is 0 Å². The molecule has 0 fully saturated rings. The van der Waals surface area contributed by atoms with Crippen LogP contribution in [0, 0.1) is 5.92 Å². The number of benzene rings is 1. The van der Waals surface area contributed by atoms with Gasteiger partial charge >= 0.3 is 5.69 Å². The summed E-state index contributed by atoms with van der Waals surface area (Å²) in [6.45, 7) is 5.74. The highest BCUT2D eigenvalue weighted by Crippen LogP contribution is 2.24. The first-order valence-electron chi connectivity index (χ1n) is 6.63. The summed E-state index contributed by atoms with van der Waals surface area (Å²) in [4.78, 5) is 27.3. The van der Waals surface area contributed by atoms with Gasteiger partial charge in [-0.25, -0.2) is 4.79 Å². The molecule has 21 heavy (non-hydrogen) atoms. The molecular weight excluding hydrogens is 311 g/mol. The van der Waals surface area contributed by atoms with Crippen molar-refractivity contribution in [3.63, 3.8) is 0 Å². The molecule has 1 unspecified atom stereocenters. The Kier molecular flexibility index (Phi) is 4.59. The largest absolute Gasteiger partial charge is 0.329 e. The molecule has 0 aliphatic carbocycles. The third kappa shape index (κ3) is 3.06. The zero-order valence-corrected chi connectivity index (χ0v) is 13.5. The van der Waals surface area contributed by atoms with Crippen molar-refractivity contribution in [2.75, 3.05) is 0 Å². The summed E-state index contributed by atoms with van der Waals surface area (Å²) in [5.41, 5.74) is 0.00646. The van der Waals surface area contributed by atoms with E-state index in [4.69, 9.17) is 23.2 Å². The van der Waals surface area contributed by atoms with E-state index in [0.29, 0.717) is 10.6 Å². The Labute approximate surface area is 132 Å². The van der Waals surface area contributed by atoms with Crippen LogP contribution in [0.25, 0.3) is 11.1 Å². The summed E-state index contributed by atoms with van der Waals surface area (Å²) < 4.78 is 1.21. The number of H-pyrrole nitrogens is 1. The van der Waals surface area contributed by atoms with Gasteiger partial charge in [0.25, 0.3) is 5.56 Å². The van der Waals surface area contributed by atoms with Crippen LogP contribution in [0.1, 0.15) is 26.8 Å². The molecule has 0 aliphatic heterocycles. The van der Waals surface area contributed by atoms with Gasteiger partial charge < -0.3 is 0 Å². The molecule has 0 amide bonds. The minimum atomic E-state index is -0.496. The number of hydrogen-bond donors (Lipinski definition) is 1. The van der Waals surface area contributed by atoms with Gasteiger partial charge in [0.1, 0.15) is 5.15 Å². The normalized spacial score (nSPS) is 12.7. The minimum Gasteiger partial charge on any atom is -0.297 e. The van der Waals surface area contributed by atoms with Crippen LogP contribution in [0.5, 0.6) is 0 Å². The number of nitrogens with one attached hydrogen (secondary N) is 1. The third-order valence-corrected chi connectivity index (χ3v) is 4.13. The first kappa shape index (κ1) is 15.9. The topological polar surface area (TPSA) is 54.9 Å². The summed E-state index contributed by atoms with van der Waals surface area (Å²) in [6.07, 6.45) is 0. The van der Waals surface area contributed by atoms with Crippen molar-refractivity contribution >= 4 is 23.2 Å². The van der Waals surface area contributed by atoms with E-state index in [9.17, 15) is 9.59 Å². The molecule has 1 aromatic carbocycles. The molecule has 2 rings (SSSR count). The molecule has 0 bridgehead atoms. The third-order valence-electron chi connectivity index (χ3n) is 3.59. The molecule has 0 saturated carbocycles. The number of nitrogens with zero attached hydrogens (tertiary/aromatic N) is 1. The second-order valence-electron chi connectivity index (χ2n) is 5.29. The fourth-order valence-electron chi connectivity index (χ4n) is 2.06. The first-order chi connectivity index (χ1) is 9.82. The van der Waals surface area contributed by atoms with E-state index in [2.05, 4.69) is 4.98 Å². The minimum absolute atomic E-state index is 0.0412. The Morgan fingerprint density at radius 2 is 1.62 bits per heavy atom. The molecule has 1 atom stereocenters. The van der Waals surface area contributed by atoms with Crippen LogP contribution >= 0.6 is 23.2 Å². The summed E-state index contributed by atoms with van der Waals surface area (Å²) >= 11 is 11.9. The molecule has 0 aliphatic rings. The van der Waals surface area contributed by atoms with Gasteiger partial charge in [-0.1, -0.05) is 49.2 Å². The van der Waals surface area contributed by atoms with Crippen molar-refractivity contribution in [2.45, 2.75) is 26.8 Å². The Balaban J connectivity index is 2.73. The molecule has 0 saturated heterocycles. The van der Waals surface area contributed by atoms with E-state index in [1.165, 1.54) is 4.57 Å². The van der Waals surface area contributed by atoms with E-state index in [0.717, 1.165) is 0 Å². The maximum Gasteiger partial charge on any atom is 0.329 e. The molecule has 4 nitrogen and oxygen atoms in total. The monoisotopic (exact) mass is 326 g/mol. The van der Waals surface area contributed by atoms with Crippen LogP contribution in [0.3, 0.4) is 0 Å². The quantitative estimate of drug-likeness (QED) is 0.874. The Morgan fingerprint density at radius 1 is 1.05 bits per heavy atom. The number of halogens is 2. The van der Waals surface area contributed by atoms with Crippen molar-refractivity contribution < 1.29 is 0 Å². The van der Waals surface area contributed by atoms with E-state index >= 15 is 0 Å². The molecule has 2 aromatic rings. The van der Waals surface area contributed by atoms with E-state index < -0.39 is 11.2 Å². The zero-order chi connectivity index (χ0) is 15.7. The lowest BCUT2D eigenvalue weighted by molar-refractivity contribution is 0.385. The van der Waals surface area contributed by atoms with Gasteiger partial charge in [0.05, 0.1) is 5.56 Å². The van der Waals surface area contributed by atoms with Gasteiger partial charge in [-0.2, -0.15) is 0 Å². The highest BCUT2D eigenvalue weighted by Gasteiger charge is 2.20. The smallest absolute Gasteiger partial charge is 0.297 e. The average molecular weight is 327 g/mol. The van der Waals surface area contributed by atoms with E-state index in [-0.39, 0.29) is 22.7 Å². The van der Waals surface area contributed by atoms with E-state index in [1.54, 1.807) is 24.3 Å². The predicted molar refractivity (Wildman–Crippen MR) is 86.3 cm³/mol. The molecule has 112 valence electrons. The molecule has 0 spiro atoms. The van der Waals surface area contributed by atoms with Crippen LogP contribution in [-0.2, 0) is 0 Å². The molecule has 6 heteroatoms. The van der Waals surface area contributed by atoms with Gasteiger partial charge in [-0.3, -0.25) is 14.3 Å². The molecule has 1 N–H and O–H groups in total. The van der Waals surface area contributed by atoms with E-state index in [1.807, 2.05) is 20.8 Å².